The Labute approximate surface area is 147 Å². The van der Waals surface area contributed by atoms with Crippen LogP contribution in [0, 0.1) is 6.92 Å². The van der Waals surface area contributed by atoms with Crippen LogP contribution in [-0.4, -0.2) is 26.6 Å². The van der Waals surface area contributed by atoms with Gasteiger partial charge in [0.15, 0.2) is 5.82 Å². The zero-order valence-electron chi connectivity index (χ0n) is 14.7. The summed E-state index contributed by atoms with van der Waals surface area (Å²) in [5.74, 6) is 2.60. The van der Waals surface area contributed by atoms with Crippen molar-refractivity contribution in [2.45, 2.75) is 32.8 Å². The number of aliphatic hydroxyl groups is 1. The van der Waals surface area contributed by atoms with Crippen LogP contribution >= 0.6 is 0 Å². The predicted octanol–water partition coefficient (Wildman–Crippen LogP) is 3.32. The fourth-order valence-corrected chi connectivity index (χ4v) is 2.47. The van der Waals surface area contributed by atoms with E-state index in [2.05, 4.69) is 20.3 Å². The minimum Gasteiger partial charge on any atom is -0.463 e. The lowest BCUT2D eigenvalue weighted by atomic mass is 10.0. The highest BCUT2D eigenvalue weighted by atomic mass is 16.4. The van der Waals surface area contributed by atoms with E-state index in [9.17, 15) is 5.11 Å². The number of furan rings is 1. The number of hydrogen-bond donors (Lipinski definition) is 2. The highest BCUT2D eigenvalue weighted by molar-refractivity contribution is 5.56. The van der Waals surface area contributed by atoms with Gasteiger partial charge < -0.3 is 14.8 Å². The molecule has 0 bridgehead atoms. The third-order valence-corrected chi connectivity index (χ3v) is 3.96. The number of aryl methyl sites for hydroxylation is 2. The SMILES string of the molecule is CCc1cc(NCC(C)(O)c2ccc(C)o2)nc(-c2ccncc2)n1. The van der Waals surface area contributed by atoms with Crippen molar-refractivity contribution in [1.29, 1.82) is 0 Å². The first-order valence-electron chi connectivity index (χ1n) is 8.29. The normalized spacial score (nSPS) is 13.4. The van der Waals surface area contributed by atoms with Crippen LogP contribution in [0.4, 0.5) is 5.82 Å². The molecule has 3 aromatic heterocycles. The minimum atomic E-state index is -1.14. The maximum atomic E-state index is 10.7. The Balaban J connectivity index is 1.82. The number of rotatable bonds is 6. The van der Waals surface area contributed by atoms with Crippen molar-refractivity contribution in [1.82, 2.24) is 15.0 Å². The third-order valence-electron chi connectivity index (χ3n) is 3.96. The number of nitrogens with one attached hydrogen (secondary N) is 1. The van der Waals surface area contributed by atoms with Gasteiger partial charge in [0.05, 0.1) is 6.54 Å². The molecule has 0 aliphatic rings. The Kier molecular flexibility index (Phi) is 4.81. The van der Waals surface area contributed by atoms with E-state index < -0.39 is 5.60 Å². The Hall–Kier alpha value is -2.73. The van der Waals surface area contributed by atoms with Crippen molar-refractivity contribution >= 4 is 5.82 Å². The Bertz CT molecular complexity index is 844. The maximum Gasteiger partial charge on any atom is 0.161 e. The summed E-state index contributed by atoms with van der Waals surface area (Å²) in [5, 5.41) is 13.9. The van der Waals surface area contributed by atoms with Gasteiger partial charge in [0, 0.05) is 29.7 Å². The van der Waals surface area contributed by atoms with Crippen molar-refractivity contribution in [2.75, 3.05) is 11.9 Å². The number of hydrogen-bond acceptors (Lipinski definition) is 6. The van der Waals surface area contributed by atoms with E-state index >= 15 is 0 Å². The van der Waals surface area contributed by atoms with Crippen LogP contribution < -0.4 is 5.32 Å². The van der Waals surface area contributed by atoms with Crippen LogP contribution in [0.3, 0.4) is 0 Å². The summed E-state index contributed by atoms with van der Waals surface area (Å²) in [4.78, 5) is 13.2. The summed E-state index contributed by atoms with van der Waals surface area (Å²) < 4.78 is 5.54. The minimum absolute atomic E-state index is 0.274. The first-order chi connectivity index (χ1) is 12.0. The van der Waals surface area contributed by atoms with Gasteiger partial charge in [-0.15, -0.1) is 0 Å². The lowest BCUT2D eigenvalue weighted by Gasteiger charge is -2.22. The number of aromatic nitrogens is 3. The van der Waals surface area contributed by atoms with Crippen LogP contribution in [0.5, 0.6) is 0 Å². The van der Waals surface area contributed by atoms with Crippen molar-refractivity contribution in [3.05, 3.63) is 59.9 Å². The highest BCUT2D eigenvalue weighted by Crippen LogP contribution is 2.24. The van der Waals surface area contributed by atoms with Crippen molar-refractivity contribution < 1.29 is 9.52 Å². The molecule has 6 nitrogen and oxygen atoms in total. The maximum absolute atomic E-state index is 10.7. The molecule has 3 heterocycles. The van der Waals surface area contributed by atoms with Crippen LogP contribution in [0.1, 0.15) is 31.1 Å². The Morgan fingerprint density at radius 2 is 1.92 bits per heavy atom. The third kappa shape index (κ3) is 4.03. The van der Waals surface area contributed by atoms with Gasteiger partial charge in [0.2, 0.25) is 0 Å². The fraction of sp³-hybridized carbons (Fsp3) is 0.316. The molecule has 6 heteroatoms. The molecule has 130 valence electrons. The van der Waals surface area contributed by atoms with E-state index in [4.69, 9.17) is 4.42 Å². The highest BCUT2D eigenvalue weighted by Gasteiger charge is 2.26. The molecule has 1 atom stereocenters. The fourth-order valence-electron chi connectivity index (χ4n) is 2.47. The number of pyridine rings is 1. The molecular formula is C19H22N4O2. The van der Waals surface area contributed by atoms with Crippen molar-refractivity contribution in [3.63, 3.8) is 0 Å². The molecule has 0 aromatic carbocycles. The van der Waals surface area contributed by atoms with Crippen LogP contribution in [0.2, 0.25) is 0 Å². The van der Waals surface area contributed by atoms with E-state index in [0.717, 1.165) is 23.4 Å². The lowest BCUT2D eigenvalue weighted by Crippen LogP contribution is -2.30. The second-order valence-corrected chi connectivity index (χ2v) is 6.20. The summed E-state index contributed by atoms with van der Waals surface area (Å²) >= 11 is 0. The quantitative estimate of drug-likeness (QED) is 0.717. The first-order valence-corrected chi connectivity index (χ1v) is 8.29. The largest absolute Gasteiger partial charge is 0.463 e. The lowest BCUT2D eigenvalue weighted by molar-refractivity contribution is 0.0467. The topological polar surface area (TPSA) is 84.1 Å². The molecule has 25 heavy (non-hydrogen) atoms. The van der Waals surface area contributed by atoms with Gasteiger partial charge >= 0.3 is 0 Å². The van der Waals surface area contributed by atoms with Crippen molar-refractivity contribution in [2.24, 2.45) is 0 Å². The Morgan fingerprint density at radius 3 is 2.56 bits per heavy atom. The zero-order valence-corrected chi connectivity index (χ0v) is 14.7. The van der Waals surface area contributed by atoms with Crippen LogP contribution in [-0.2, 0) is 12.0 Å². The second-order valence-electron chi connectivity index (χ2n) is 6.20. The number of nitrogens with zero attached hydrogens (tertiary/aromatic N) is 3. The molecule has 0 fully saturated rings. The van der Waals surface area contributed by atoms with E-state index in [1.54, 1.807) is 25.4 Å². The van der Waals surface area contributed by atoms with E-state index in [1.807, 2.05) is 38.1 Å². The van der Waals surface area contributed by atoms with E-state index in [-0.39, 0.29) is 6.54 Å². The molecule has 0 saturated carbocycles. The summed E-state index contributed by atoms with van der Waals surface area (Å²) in [7, 11) is 0. The van der Waals surface area contributed by atoms with Gasteiger partial charge in [0.25, 0.3) is 0 Å². The molecule has 3 aromatic rings. The molecule has 3 rings (SSSR count). The van der Waals surface area contributed by atoms with Gasteiger partial charge in [-0.1, -0.05) is 6.92 Å². The van der Waals surface area contributed by atoms with Gasteiger partial charge in [-0.3, -0.25) is 4.98 Å². The van der Waals surface area contributed by atoms with E-state index in [0.29, 0.717) is 17.4 Å². The average molecular weight is 338 g/mol. The van der Waals surface area contributed by atoms with Gasteiger partial charge in [-0.2, -0.15) is 0 Å². The molecule has 0 aliphatic heterocycles. The molecular weight excluding hydrogens is 316 g/mol. The molecule has 0 amide bonds. The summed E-state index contributed by atoms with van der Waals surface area (Å²) in [6.45, 7) is 5.88. The van der Waals surface area contributed by atoms with Gasteiger partial charge in [-0.05, 0) is 44.5 Å². The second kappa shape index (κ2) is 7.03. The molecule has 0 radical (unpaired) electrons. The van der Waals surface area contributed by atoms with Gasteiger partial charge in [-0.25, -0.2) is 9.97 Å². The monoisotopic (exact) mass is 338 g/mol. The molecule has 0 saturated heterocycles. The summed E-state index contributed by atoms with van der Waals surface area (Å²) in [6, 6.07) is 9.27. The molecule has 2 N–H and O–H groups in total. The van der Waals surface area contributed by atoms with Crippen LogP contribution in [0.15, 0.2) is 47.1 Å². The van der Waals surface area contributed by atoms with E-state index in [1.165, 1.54) is 0 Å². The average Bonchev–Trinajstić information content (AvgIpc) is 3.08. The predicted molar refractivity (Wildman–Crippen MR) is 96.1 cm³/mol. The Morgan fingerprint density at radius 1 is 1.16 bits per heavy atom. The summed E-state index contributed by atoms with van der Waals surface area (Å²) in [5.41, 5.74) is 0.696. The molecule has 1 unspecified atom stereocenters. The van der Waals surface area contributed by atoms with Crippen molar-refractivity contribution in [3.8, 4) is 11.4 Å². The van der Waals surface area contributed by atoms with Gasteiger partial charge in [0.1, 0.15) is 22.9 Å². The first kappa shape index (κ1) is 17.1. The molecule has 0 aliphatic carbocycles. The zero-order chi connectivity index (χ0) is 17.9. The molecule has 0 spiro atoms. The van der Waals surface area contributed by atoms with Crippen LogP contribution in [0.25, 0.3) is 11.4 Å². The summed E-state index contributed by atoms with van der Waals surface area (Å²) in [6.07, 6.45) is 4.23. The number of anilines is 1. The standard InChI is InChI=1S/C19H22N4O2/c1-4-15-11-17(23-18(22-15)14-7-9-20-10-8-14)21-12-19(3,24)16-6-5-13(2)25-16/h5-11,24H,4,12H2,1-3H3,(H,21,22,23). The smallest absolute Gasteiger partial charge is 0.161 e.